The highest BCUT2D eigenvalue weighted by Gasteiger charge is 2.21. The summed E-state index contributed by atoms with van der Waals surface area (Å²) in [6, 6.07) is 14.3. The van der Waals surface area contributed by atoms with Crippen LogP contribution in [0.25, 0.3) is 22.4 Å². The van der Waals surface area contributed by atoms with Crippen molar-refractivity contribution in [3.05, 3.63) is 65.4 Å². The van der Waals surface area contributed by atoms with Gasteiger partial charge in [0.15, 0.2) is 5.78 Å². The van der Waals surface area contributed by atoms with Crippen LogP contribution in [-0.2, 0) is 7.05 Å². The first kappa shape index (κ1) is 16.4. The molecule has 3 aromatic rings. The number of nitrogens with two attached hydrogens (primary N) is 1. The van der Waals surface area contributed by atoms with E-state index in [-0.39, 0.29) is 12.3 Å². The lowest BCUT2D eigenvalue weighted by atomic mass is 9.91. The second kappa shape index (κ2) is 6.35. The van der Waals surface area contributed by atoms with Crippen LogP contribution in [0.15, 0.2) is 53.7 Å². The topological polar surface area (TPSA) is 73.3 Å². The van der Waals surface area contributed by atoms with E-state index in [2.05, 4.69) is 41.3 Å². The lowest BCUT2D eigenvalue weighted by molar-refractivity contribution is 0.1000. The molecule has 1 aromatic heterocycles. The maximum Gasteiger partial charge on any atom is 0.184 e. The number of aryl methyl sites for hydroxylation is 2. The van der Waals surface area contributed by atoms with E-state index in [0.29, 0.717) is 12.1 Å². The Morgan fingerprint density at radius 3 is 2.50 bits per heavy atom. The van der Waals surface area contributed by atoms with Crippen LogP contribution in [0.5, 0.6) is 0 Å². The quantitative estimate of drug-likeness (QED) is 0.794. The zero-order valence-electron chi connectivity index (χ0n) is 14.9. The molecule has 5 heteroatoms. The number of benzene rings is 2. The number of Topliss-reactive ketones (excluding diaryl/α,β-unsaturated/α-hetero) is 1. The molecule has 0 aliphatic carbocycles. The van der Waals surface area contributed by atoms with Crippen LogP contribution in [0.1, 0.15) is 21.5 Å². The lowest BCUT2D eigenvalue weighted by Gasteiger charge is -2.16. The zero-order chi connectivity index (χ0) is 18.3. The number of aliphatic imine (C=N–C) groups is 1. The number of rotatable bonds is 3. The summed E-state index contributed by atoms with van der Waals surface area (Å²) >= 11 is 0. The van der Waals surface area contributed by atoms with Crippen molar-refractivity contribution in [3.8, 4) is 22.4 Å². The molecule has 0 saturated heterocycles. The Labute approximate surface area is 152 Å². The first-order chi connectivity index (χ1) is 12.6. The molecule has 0 spiro atoms. The van der Waals surface area contributed by atoms with Gasteiger partial charge in [0, 0.05) is 35.8 Å². The Kier molecular flexibility index (Phi) is 4.01. The Morgan fingerprint density at radius 2 is 1.77 bits per heavy atom. The molecule has 2 heterocycles. The van der Waals surface area contributed by atoms with E-state index in [0.717, 1.165) is 33.7 Å². The van der Waals surface area contributed by atoms with Crippen molar-refractivity contribution in [3.63, 3.8) is 0 Å². The molecular weight excluding hydrogens is 324 g/mol. The molecule has 0 atom stereocenters. The Hall–Kier alpha value is -3.05. The molecule has 0 fully saturated rings. The van der Waals surface area contributed by atoms with Crippen molar-refractivity contribution in [2.24, 2.45) is 17.8 Å². The molecule has 0 saturated carbocycles. The van der Waals surface area contributed by atoms with E-state index in [1.54, 1.807) is 0 Å². The third kappa shape index (κ3) is 2.66. The molecule has 0 amide bonds. The highest BCUT2D eigenvalue weighted by atomic mass is 16.1. The number of carbonyl (C=O) groups excluding carboxylic acids is 1. The molecule has 0 bridgehead atoms. The summed E-state index contributed by atoms with van der Waals surface area (Å²) in [4.78, 5) is 16.5. The van der Waals surface area contributed by atoms with Crippen LogP contribution < -0.4 is 5.73 Å². The van der Waals surface area contributed by atoms with Gasteiger partial charge in [-0.1, -0.05) is 42.0 Å². The minimum Gasteiger partial charge on any atom is -0.325 e. The summed E-state index contributed by atoms with van der Waals surface area (Å²) in [7, 11) is 1.94. The molecule has 2 N–H and O–H groups in total. The Bertz CT molecular complexity index is 1030. The second-order valence-electron chi connectivity index (χ2n) is 6.55. The van der Waals surface area contributed by atoms with E-state index < -0.39 is 0 Å². The fraction of sp³-hybridized carbons (Fsp3) is 0.190. The molecule has 130 valence electrons. The highest BCUT2D eigenvalue weighted by Crippen LogP contribution is 2.33. The van der Waals surface area contributed by atoms with Gasteiger partial charge in [-0.15, -0.1) is 0 Å². The summed E-state index contributed by atoms with van der Waals surface area (Å²) in [6.45, 7) is 2.57. The van der Waals surface area contributed by atoms with Crippen LogP contribution in [0.3, 0.4) is 0 Å². The number of hydrogen-bond acceptors (Lipinski definition) is 4. The van der Waals surface area contributed by atoms with Gasteiger partial charge in [0.1, 0.15) is 6.54 Å². The standard InChI is InChI=1S/C21H20N4O/c1-13-3-5-14(6-4-13)21-18(11-24-25(21)2)15-7-8-16-17(9-15)19(10-22)23-12-20(16)26/h3-9,11H,10,12,22H2,1-2H3. The van der Waals surface area contributed by atoms with E-state index in [9.17, 15) is 4.79 Å². The van der Waals surface area contributed by atoms with Gasteiger partial charge in [-0.05, 0) is 18.6 Å². The number of ketones is 1. The molecule has 4 rings (SSSR count). The second-order valence-corrected chi connectivity index (χ2v) is 6.55. The summed E-state index contributed by atoms with van der Waals surface area (Å²) in [5.74, 6) is 0.0358. The predicted molar refractivity (Wildman–Crippen MR) is 104 cm³/mol. The third-order valence-electron chi connectivity index (χ3n) is 4.81. The predicted octanol–water partition coefficient (Wildman–Crippen LogP) is 3.01. The lowest BCUT2D eigenvalue weighted by Crippen LogP contribution is -2.24. The van der Waals surface area contributed by atoms with Crippen LogP contribution in [0.4, 0.5) is 0 Å². The summed E-state index contributed by atoms with van der Waals surface area (Å²) < 4.78 is 1.88. The van der Waals surface area contributed by atoms with E-state index in [1.165, 1.54) is 5.56 Å². The van der Waals surface area contributed by atoms with Crippen molar-refractivity contribution in [1.29, 1.82) is 0 Å². The smallest absolute Gasteiger partial charge is 0.184 e. The SMILES string of the molecule is Cc1ccc(-c2c(-c3ccc4c(c3)C(CN)=NCC4=O)cnn2C)cc1. The summed E-state index contributed by atoms with van der Waals surface area (Å²) in [5.41, 5.74) is 13.5. The molecule has 0 radical (unpaired) electrons. The molecule has 1 aliphatic heterocycles. The fourth-order valence-electron chi connectivity index (χ4n) is 3.41. The Morgan fingerprint density at radius 1 is 1.04 bits per heavy atom. The average molecular weight is 344 g/mol. The molecule has 1 aliphatic rings. The van der Waals surface area contributed by atoms with E-state index >= 15 is 0 Å². The van der Waals surface area contributed by atoms with E-state index in [4.69, 9.17) is 5.73 Å². The minimum absolute atomic E-state index is 0.0358. The van der Waals surface area contributed by atoms with Gasteiger partial charge in [-0.2, -0.15) is 5.10 Å². The molecule has 2 aromatic carbocycles. The maximum atomic E-state index is 12.2. The largest absolute Gasteiger partial charge is 0.325 e. The summed E-state index contributed by atoms with van der Waals surface area (Å²) in [6.07, 6.45) is 1.86. The highest BCUT2D eigenvalue weighted by molar-refractivity contribution is 6.16. The van der Waals surface area contributed by atoms with Crippen LogP contribution in [0.2, 0.25) is 0 Å². The van der Waals surface area contributed by atoms with Crippen molar-refractivity contribution in [2.45, 2.75) is 6.92 Å². The maximum absolute atomic E-state index is 12.2. The van der Waals surface area contributed by atoms with Gasteiger partial charge < -0.3 is 5.73 Å². The zero-order valence-corrected chi connectivity index (χ0v) is 14.9. The first-order valence-corrected chi connectivity index (χ1v) is 8.59. The van der Waals surface area contributed by atoms with Crippen molar-refractivity contribution >= 4 is 11.5 Å². The summed E-state index contributed by atoms with van der Waals surface area (Å²) in [5, 5.41) is 4.45. The van der Waals surface area contributed by atoms with Gasteiger partial charge in [-0.25, -0.2) is 0 Å². The molecule has 26 heavy (non-hydrogen) atoms. The Balaban J connectivity index is 1.87. The van der Waals surface area contributed by atoms with Gasteiger partial charge in [0.05, 0.1) is 17.6 Å². The normalized spacial score (nSPS) is 13.5. The molecular formula is C21H20N4O. The number of carbonyl (C=O) groups is 1. The third-order valence-corrected chi connectivity index (χ3v) is 4.81. The molecule has 5 nitrogen and oxygen atoms in total. The van der Waals surface area contributed by atoms with Gasteiger partial charge in [0.25, 0.3) is 0 Å². The van der Waals surface area contributed by atoms with Crippen molar-refractivity contribution in [1.82, 2.24) is 9.78 Å². The van der Waals surface area contributed by atoms with Crippen LogP contribution in [0, 0.1) is 6.92 Å². The number of aromatic nitrogens is 2. The van der Waals surface area contributed by atoms with Crippen LogP contribution in [-0.4, -0.2) is 34.4 Å². The molecule has 0 unspecified atom stereocenters. The average Bonchev–Trinajstić information content (AvgIpc) is 3.04. The number of nitrogens with zero attached hydrogens (tertiary/aromatic N) is 3. The van der Waals surface area contributed by atoms with Gasteiger partial charge in [0.2, 0.25) is 0 Å². The first-order valence-electron chi connectivity index (χ1n) is 8.59. The fourth-order valence-corrected chi connectivity index (χ4v) is 3.41. The van der Waals surface area contributed by atoms with Crippen molar-refractivity contribution in [2.75, 3.05) is 13.1 Å². The monoisotopic (exact) mass is 344 g/mol. The van der Waals surface area contributed by atoms with Crippen molar-refractivity contribution < 1.29 is 4.79 Å². The minimum atomic E-state index is 0.0358. The van der Waals surface area contributed by atoms with Crippen LogP contribution >= 0.6 is 0 Å². The number of fused-ring (bicyclic) bond motifs is 1. The van der Waals surface area contributed by atoms with E-state index in [1.807, 2.05) is 36.1 Å². The number of hydrogen-bond donors (Lipinski definition) is 1. The van der Waals surface area contributed by atoms with Gasteiger partial charge in [-0.3, -0.25) is 14.5 Å². The van der Waals surface area contributed by atoms with Gasteiger partial charge >= 0.3 is 0 Å².